The lowest BCUT2D eigenvalue weighted by Gasteiger charge is -2.21. The third-order valence-corrected chi connectivity index (χ3v) is 4.36. The summed E-state index contributed by atoms with van der Waals surface area (Å²) in [5, 5.41) is 3.56. The summed E-state index contributed by atoms with van der Waals surface area (Å²) >= 11 is 0. The standard InChI is InChI=1S/C14H27NO/c1-2-3-7-16-8-6-15-11-14-10-12-4-5-13(14)9-12/h12-15H,2-11H2,1H3. The van der Waals surface area contributed by atoms with Crippen molar-refractivity contribution >= 4 is 0 Å². The highest BCUT2D eigenvalue weighted by Crippen LogP contribution is 2.47. The van der Waals surface area contributed by atoms with Gasteiger partial charge >= 0.3 is 0 Å². The van der Waals surface area contributed by atoms with Crippen LogP contribution in [0.1, 0.15) is 45.4 Å². The van der Waals surface area contributed by atoms with Crippen LogP contribution in [-0.4, -0.2) is 26.3 Å². The molecule has 2 saturated carbocycles. The average molecular weight is 225 g/mol. The third kappa shape index (κ3) is 3.46. The average Bonchev–Trinajstić information content (AvgIpc) is 2.90. The highest BCUT2D eigenvalue weighted by molar-refractivity contribution is 4.90. The molecule has 0 saturated heterocycles. The molecule has 1 N–H and O–H groups in total. The van der Waals surface area contributed by atoms with E-state index in [-0.39, 0.29) is 0 Å². The van der Waals surface area contributed by atoms with Crippen molar-refractivity contribution in [1.29, 1.82) is 0 Å². The Kier molecular flexibility index (Phi) is 5.11. The summed E-state index contributed by atoms with van der Waals surface area (Å²) in [5.74, 6) is 3.12. The maximum Gasteiger partial charge on any atom is 0.0590 e. The monoisotopic (exact) mass is 225 g/mol. The first-order valence-electron chi connectivity index (χ1n) is 7.18. The molecule has 3 unspecified atom stereocenters. The number of hydrogen-bond donors (Lipinski definition) is 1. The Labute approximate surface area is 100 Å². The summed E-state index contributed by atoms with van der Waals surface area (Å²) in [6, 6.07) is 0. The summed E-state index contributed by atoms with van der Waals surface area (Å²) in [6.07, 6.45) is 8.48. The molecule has 2 aliphatic rings. The first-order valence-corrected chi connectivity index (χ1v) is 7.18. The van der Waals surface area contributed by atoms with Crippen LogP contribution in [0.25, 0.3) is 0 Å². The largest absolute Gasteiger partial charge is 0.380 e. The van der Waals surface area contributed by atoms with E-state index in [9.17, 15) is 0 Å². The maximum absolute atomic E-state index is 5.54. The molecule has 2 nitrogen and oxygen atoms in total. The molecule has 2 bridgehead atoms. The summed E-state index contributed by atoms with van der Waals surface area (Å²) < 4.78 is 5.54. The van der Waals surface area contributed by atoms with Crippen LogP contribution in [0.4, 0.5) is 0 Å². The van der Waals surface area contributed by atoms with E-state index < -0.39 is 0 Å². The van der Waals surface area contributed by atoms with E-state index in [0.29, 0.717) is 0 Å². The Morgan fingerprint density at radius 3 is 2.81 bits per heavy atom. The van der Waals surface area contributed by atoms with Gasteiger partial charge < -0.3 is 10.1 Å². The molecule has 0 aromatic carbocycles. The third-order valence-electron chi connectivity index (χ3n) is 4.36. The lowest BCUT2D eigenvalue weighted by atomic mass is 9.89. The van der Waals surface area contributed by atoms with Crippen LogP contribution < -0.4 is 5.32 Å². The van der Waals surface area contributed by atoms with Gasteiger partial charge in [-0.1, -0.05) is 19.8 Å². The molecule has 2 fully saturated rings. The number of nitrogens with one attached hydrogen (secondary N) is 1. The highest BCUT2D eigenvalue weighted by Gasteiger charge is 2.38. The fourth-order valence-electron chi connectivity index (χ4n) is 3.41. The molecule has 0 aromatic heterocycles. The van der Waals surface area contributed by atoms with E-state index in [4.69, 9.17) is 4.74 Å². The van der Waals surface area contributed by atoms with Gasteiger partial charge in [-0.15, -0.1) is 0 Å². The number of fused-ring (bicyclic) bond motifs is 2. The van der Waals surface area contributed by atoms with Gasteiger partial charge in [0.05, 0.1) is 6.61 Å². The summed E-state index contributed by atoms with van der Waals surface area (Å²) in [5.41, 5.74) is 0. The fourth-order valence-corrected chi connectivity index (χ4v) is 3.41. The Bertz CT molecular complexity index is 195. The van der Waals surface area contributed by atoms with E-state index in [0.717, 1.165) is 37.5 Å². The zero-order chi connectivity index (χ0) is 11.2. The zero-order valence-corrected chi connectivity index (χ0v) is 10.7. The molecular formula is C14H27NO. The van der Waals surface area contributed by atoms with Crippen molar-refractivity contribution in [3.63, 3.8) is 0 Å². The van der Waals surface area contributed by atoms with Crippen molar-refractivity contribution in [2.45, 2.75) is 45.4 Å². The molecule has 0 radical (unpaired) electrons. The van der Waals surface area contributed by atoms with Crippen molar-refractivity contribution in [2.24, 2.45) is 17.8 Å². The van der Waals surface area contributed by atoms with Gasteiger partial charge in [0.15, 0.2) is 0 Å². The number of rotatable bonds is 8. The van der Waals surface area contributed by atoms with Crippen molar-refractivity contribution in [3.05, 3.63) is 0 Å². The van der Waals surface area contributed by atoms with Crippen LogP contribution in [0.2, 0.25) is 0 Å². The normalized spacial score (nSPS) is 32.4. The first-order chi connectivity index (χ1) is 7.90. The van der Waals surface area contributed by atoms with E-state index in [1.807, 2.05) is 0 Å². The Balaban J connectivity index is 1.43. The van der Waals surface area contributed by atoms with Crippen LogP contribution in [0.5, 0.6) is 0 Å². The SMILES string of the molecule is CCCCOCCNCC1CC2CCC1C2. The van der Waals surface area contributed by atoms with E-state index in [1.54, 1.807) is 0 Å². The van der Waals surface area contributed by atoms with Gasteiger partial charge in [0.25, 0.3) is 0 Å². The molecule has 2 rings (SSSR count). The second-order valence-electron chi connectivity index (χ2n) is 5.60. The molecule has 0 aliphatic heterocycles. The highest BCUT2D eigenvalue weighted by atomic mass is 16.5. The fraction of sp³-hybridized carbons (Fsp3) is 1.00. The predicted octanol–water partition coefficient (Wildman–Crippen LogP) is 2.83. The van der Waals surface area contributed by atoms with Gasteiger partial charge in [-0.2, -0.15) is 0 Å². The molecule has 2 heteroatoms. The van der Waals surface area contributed by atoms with Crippen LogP contribution in [0, 0.1) is 17.8 Å². The van der Waals surface area contributed by atoms with Crippen LogP contribution >= 0.6 is 0 Å². The molecule has 0 amide bonds. The van der Waals surface area contributed by atoms with Gasteiger partial charge in [0.1, 0.15) is 0 Å². The second kappa shape index (κ2) is 6.61. The molecule has 0 heterocycles. The number of unbranched alkanes of at least 4 members (excludes halogenated alkanes) is 1. The van der Waals surface area contributed by atoms with Gasteiger partial charge in [-0.3, -0.25) is 0 Å². The van der Waals surface area contributed by atoms with E-state index in [1.165, 1.54) is 45.1 Å². The van der Waals surface area contributed by atoms with E-state index >= 15 is 0 Å². The first kappa shape index (κ1) is 12.4. The minimum Gasteiger partial charge on any atom is -0.380 e. The molecular weight excluding hydrogens is 198 g/mol. The topological polar surface area (TPSA) is 21.3 Å². The van der Waals surface area contributed by atoms with Gasteiger partial charge in [-0.25, -0.2) is 0 Å². The maximum atomic E-state index is 5.54. The minimum atomic E-state index is 0.890. The Morgan fingerprint density at radius 2 is 2.12 bits per heavy atom. The summed E-state index contributed by atoms with van der Waals surface area (Å²) in [6.45, 7) is 6.31. The molecule has 3 atom stereocenters. The van der Waals surface area contributed by atoms with Crippen molar-refractivity contribution in [2.75, 3.05) is 26.3 Å². The smallest absolute Gasteiger partial charge is 0.0590 e. The number of ether oxygens (including phenoxy) is 1. The predicted molar refractivity (Wildman–Crippen MR) is 67.5 cm³/mol. The van der Waals surface area contributed by atoms with Gasteiger partial charge in [0, 0.05) is 13.2 Å². The molecule has 0 spiro atoms. The molecule has 0 aromatic rings. The van der Waals surface area contributed by atoms with Crippen molar-refractivity contribution < 1.29 is 4.74 Å². The molecule has 16 heavy (non-hydrogen) atoms. The Morgan fingerprint density at radius 1 is 1.19 bits per heavy atom. The Hall–Kier alpha value is -0.0800. The van der Waals surface area contributed by atoms with E-state index in [2.05, 4.69) is 12.2 Å². The molecule has 94 valence electrons. The van der Waals surface area contributed by atoms with Crippen LogP contribution in [0.3, 0.4) is 0 Å². The number of hydrogen-bond acceptors (Lipinski definition) is 2. The van der Waals surface area contributed by atoms with Crippen LogP contribution in [-0.2, 0) is 4.74 Å². The lowest BCUT2D eigenvalue weighted by molar-refractivity contribution is 0.131. The zero-order valence-electron chi connectivity index (χ0n) is 10.7. The summed E-state index contributed by atoms with van der Waals surface area (Å²) in [7, 11) is 0. The summed E-state index contributed by atoms with van der Waals surface area (Å²) in [4.78, 5) is 0. The van der Waals surface area contributed by atoms with Gasteiger partial charge in [-0.05, 0) is 50.0 Å². The van der Waals surface area contributed by atoms with Gasteiger partial charge in [0.2, 0.25) is 0 Å². The minimum absolute atomic E-state index is 0.890. The van der Waals surface area contributed by atoms with Crippen LogP contribution in [0.15, 0.2) is 0 Å². The van der Waals surface area contributed by atoms with Crippen molar-refractivity contribution in [3.8, 4) is 0 Å². The lowest BCUT2D eigenvalue weighted by Crippen LogP contribution is -2.29. The van der Waals surface area contributed by atoms with Crippen molar-refractivity contribution in [1.82, 2.24) is 5.32 Å². The second-order valence-corrected chi connectivity index (χ2v) is 5.60. The quantitative estimate of drug-likeness (QED) is 0.641. The molecule has 2 aliphatic carbocycles.